The van der Waals surface area contributed by atoms with Crippen molar-refractivity contribution in [1.29, 1.82) is 0 Å². The van der Waals surface area contributed by atoms with Crippen molar-refractivity contribution in [2.75, 3.05) is 6.54 Å². The van der Waals surface area contributed by atoms with Crippen molar-refractivity contribution in [3.63, 3.8) is 0 Å². The zero-order chi connectivity index (χ0) is 20.4. The molecule has 2 atom stereocenters. The first kappa shape index (κ1) is 20.1. The summed E-state index contributed by atoms with van der Waals surface area (Å²) in [5.74, 6) is -2.83. The average Bonchev–Trinajstić information content (AvgIpc) is 3.27. The molecule has 150 valence electrons. The maximum absolute atomic E-state index is 14.5. The van der Waals surface area contributed by atoms with Gasteiger partial charge < -0.3 is 20.7 Å². The molecule has 3 rings (SSSR count). The number of urea groups is 1. The maximum atomic E-state index is 14.5. The Labute approximate surface area is 164 Å². The van der Waals surface area contributed by atoms with Crippen LogP contribution in [-0.4, -0.2) is 36.1 Å². The van der Waals surface area contributed by atoms with Gasteiger partial charge in [0.25, 0.3) is 5.19 Å². The molecule has 1 aliphatic rings. The third-order valence-electron chi connectivity index (χ3n) is 3.73. The normalized spacial score (nSPS) is 17.2. The maximum Gasteiger partial charge on any atom is 0.389 e. The van der Waals surface area contributed by atoms with E-state index in [0.717, 1.165) is 18.3 Å². The first-order valence-electron chi connectivity index (χ1n) is 7.65. The quantitative estimate of drug-likeness (QED) is 0.477. The van der Waals surface area contributed by atoms with Crippen LogP contribution in [0.4, 0.5) is 22.4 Å². The standard InChI is InChI=1S/C15H11ClF4N4O3S/c16-9-6(17)2-1-5(10(9)18)11(8-4-22-15(28-8)27-13(19)20)24-12(25)7-3-21-14(26)23-7/h1-2,4,7,11,13H,3H2,(H,24,25)(H2,21,23,26)/t7?,11-/m0/s1. The number of carbonyl (C=O) groups is 2. The SMILES string of the molecule is O=C1NCC(C(=O)N[C@H](c2cnc(OC(F)F)s2)c2ccc(F)c(Cl)c2F)N1. The Morgan fingerprint density at radius 1 is 1.39 bits per heavy atom. The molecule has 0 aliphatic carbocycles. The highest BCUT2D eigenvalue weighted by Crippen LogP contribution is 2.35. The first-order valence-corrected chi connectivity index (χ1v) is 8.84. The molecular formula is C15H11ClF4N4O3S. The Morgan fingerprint density at radius 3 is 2.79 bits per heavy atom. The minimum Gasteiger partial charge on any atom is -0.408 e. The molecule has 28 heavy (non-hydrogen) atoms. The summed E-state index contributed by atoms with van der Waals surface area (Å²) in [6.45, 7) is -3.13. The number of rotatable bonds is 6. The molecule has 3 N–H and O–H groups in total. The highest BCUT2D eigenvalue weighted by atomic mass is 35.5. The van der Waals surface area contributed by atoms with Gasteiger partial charge in [-0.3, -0.25) is 4.79 Å². The second-order valence-corrected chi connectivity index (χ2v) is 6.92. The number of nitrogens with one attached hydrogen (secondary N) is 3. The molecule has 13 heteroatoms. The van der Waals surface area contributed by atoms with E-state index in [0.29, 0.717) is 11.3 Å². The van der Waals surface area contributed by atoms with Crippen LogP contribution in [0.2, 0.25) is 5.02 Å². The van der Waals surface area contributed by atoms with Gasteiger partial charge in [0.1, 0.15) is 22.7 Å². The molecule has 2 heterocycles. The van der Waals surface area contributed by atoms with Gasteiger partial charge in [-0.05, 0) is 6.07 Å². The Morgan fingerprint density at radius 2 is 2.14 bits per heavy atom. The third kappa shape index (κ3) is 4.28. The fourth-order valence-corrected chi connectivity index (χ4v) is 3.47. The van der Waals surface area contributed by atoms with Crippen LogP contribution in [0.3, 0.4) is 0 Å². The van der Waals surface area contributed by atoms with E-state index in [2.05, 4.69) is 25.7 Å². The lowest BCUT2D eigenvalue weighted by Crippen LogP contribution is -2.44. The smallest absolute Gasteiger partial charge is 0.389 e. The van der Waals surface area contributed by atoms with Gasteiger partial charge in [-0.15, -0.1) is 0 Å². The number of hydrogen-bond donors (Lipinski definition) is 3. The Balaban J connectivity index is 1.94. The van der Waals surface area contributed by atoms with Crippen LogP contribution in [0.15, 0.2) is 18.3 Å². The van der Waals surface area contributed by atoms with Crippen molar-refractivity contribution in [2.45, 2.75) is 18.7 Å². The molecule has 1 unspecified atom stereocenters. The summed E-state index contributed by atoms with van der Waals surface area (Å²) in [7, 11) is 0. The zero-order valence-electron chi connectivity index (χ0n) is 13.6. The number of carbonyl (C=O) groups excluding carboxylic acids is 2. The van der Waals surface area contributed by atoms with Crippen LogP contribution in [0.5, 0.6) is 5.19 Å². The number of hydrogen-bond acceptors (Lipinski definition) is 5. The monoisotopic (exact) mass is 438 g/mol. The molecule has 0 spiro atoms. The summed E-state index contributed by atoms with van der Waals surface area (Å²) in [5.41, 5.74) is -0.218. The van der Waals surface area contributed by atoms with Gasteiger partial charge in [0.2, 0.25) is 5.91 Å². The zero-order valence-corrected chi connectivity index (χ0v) is 15.2. The lowest BCUT2D eigenvalue weighted by atomic mass is 10.0. The highest BCUT2D eigenvalue weighted by molar-refractivity contribution is 7.13. The van der Waals surface area contributed by atoms with E-state index >= 15 is 0 Å². The van der Waals surface area contributed by atoms with Crippen LogP contribution in [0, 0.1) is 11.6 Å². The van der Waals surface area contributed by atoms with Crippen LogP contribution in [0.25, 0.3) is 0 Å². The summed E-state index contributed by atoms with van der Waals surface area (Å²) in [5, 5.41) is 6.02. The van der Waals surface area contributed by atoms with Crippen molar-refractivity contribution >= 4 is 34.9 Å². The number of halogens is 5. The molecular weight excluding hydrogens is 428 g/mol. The Bertz CT molecular complexity index is 913. The van der Waals surface area contributed by atoms with E-state index in [-0.39, 0.29) is 17.0 Å². The Kier molecular flexibility index (Phi) is 5.89. The van der Waals surface area contributed by atoms with E-state index < -0.39 is 52.5 Å². The van der Waals surface area contributed by atoms with Gasteiger partial charge in [-0.1, -0.05) is 29.0 Å². The van der Waals surface area contributed by atoms with E-state index in [1.54, 1.807) is 0 Å². The van der Waals surface area contributed by atoms with Gasteiger partial charge in [0, 0.05) is 18.3 Å². The fraction of sp³-hybridized carbons (Fsp3) is 0.267. The van der Waals surface area contributed by atoms with E-state index in [1.807, 2.05) is 0 Å². The minimum absolute atomic E-state index is 0.00746. The second-order valence-electron chi connectivity index (χ2n) is 5.52. The van der Waals surface area contributed by atoms with Crippen molar-refractivity contribution in [3.8, 4) is 5.19 Å². The average molecular weight is 439 g/mol. The summed E-state index contributed by atoms with van der Waals surface area (Å²) in [6.07, 6.45) is 1.11. The predicted octanol–water partition coefficient (Wildman–Crippen LogP) is 2.56. The third-order valence-corrected chi connectivity index (χ3v) is 5.03. The lowest BCUT2D eigenvalue weighted by molar-refractivity contribution is -0.122. The molecule has 1 aromatic heterocycles. The van der Waals surface area contributed by atoms with Crippen molar-refractivity contribution in [1.82, 2.24) is 20.9 Å². The summed E-state index contributed by atoms with van der Waals surface area (Å²) in [6, 6.07) is -0.788. The van der Waals surface area contributed by atoms with Crippen molar-refractivity contribution < 1.29 is 31.9 Å². The molecule has 1 aromatic carbocycles. The van der Waals surface area contributed by atoms with Gasteiger partial charge in [0.15, 0.2) is 0 Å². The first-order chi connectivity index (χ1) is 13.3. The van der Waals surface area contributed by atoms with E-state index in [4.69, 9.17) is 11.6 Å². The number of alkyl halides is 2. The topological polar surface area (TPSA) is 92.4 Å². The van der Waals surface area contributed by atoms with Crippen LogP contribution in [-0.2, 0) is 4.79 Å². The van der Waals surface area contributed by atoms with Crippen molar-refractivity contribution in [2.24, 2.45) is 0 Å². The molecule has 1 aliphatic heterocycles. The molecule has 2 aromatic rings. The molecule has 3 amide bonds. The van der Waals surface area contributed by atoms with Gasteiger partial charge in [-0.2, -0.15) is 8.78 Å². The van der Waals surface area contributed by atoms with E-state index in [1.165, 1.54) is 0 Å². The van der Waals surface area contributed by atoms with Crippen LogP contribution in [0.1, 0.15) is 16.5 Å². The number of benzene rings is 1. The number of ether oxygens (including phenoxy) is 1. The van der Waals surface area contributed by atoms with Gasteiger partial charge in [-0.25, -0.2) is 18.6 Å². The molecule has 0 radical (unpaired) electrons. The molecule has 0 bridgehead atoms. The lowest BCUT2D eigenvalue weighted by Gasteiger charge is -2.20. The van der Waals surface area contributed by atoms with Crippen molar-refractivity contribution in [3.05, 3.63) is 45.4 Å². The summed E-state index contributed by atoms with van der Waals surface area (Å²) in [4.78, 5) is 27.4. The number of amides is 3. The summed E-state index contributed by atoms with van der Waals surface area (Å²) >= 11 is 6.24. The minimum atomic E-state index is -3.12. The number of aromatic nitrogens is 1. The van der Waals surface area contributed by atoms with Gasteiger partial charge in [0.05, 0.1) is 10.9 Å². The number of nitrogens with zero attached hydrogens (tertiary/aromatic N) is 1. The summed E-state index contributed by atoms with van der Waals surface area (Å²) < 4.78 is 57.0. The van der Waals surface area contributed by atoms with Crippen LogP contribution < -0.4 is 20.7 Å². The van der Waals surface area contributed by atoms with Crippen LogP contribution >= 0.6 is 22.9 Å². The van der Waals surface area contributed by atoms with E-state index in [9.17, 15) is 27.2 Å². The predicted molar refractivity (Wildman–Crippen MR) is 90.4 cm³/mol. The number of thiazole rings is 1. The molecule has 1 fully saturated rings. The van der Waals surface area contributed by atoms with Gasteiger partial charge >= 0.3 is 12.6 Å². The molecule has 1 saturated heterocycles. The second kappa shape index (κ2) is 8.19. The highest BCUT2D eigenvalue weighted by Gasteiger charge is 2.31. The largest absolute Gasteiger partial charge is 0.408 e. The molecule has 0 saturated carbocycles. The Hall–Kier alpha value is -2.60. The fourth-order valence-electron chi connectivity index (χ4n) is 2.46. The molecule has 7 nitrogen and oxygen atoms in total.